The molecule has 14 heavy (non-hydrogen) atoms. The summed E-state index contributed by atoms with van der Waals surface area (Å²) in [5.74, 6) is -0.477. The Labute approximate surface area is 81.4 Å². The lowest BCUT2D eigenvalue weighted by molar-refractivity contribution is -0.0156. The summed E-state index contributed by atoms with van der Waals surface area (Å²) in [5, 5.41) is 27.3. The third-order valence-electron chi connectivity index (χ3n) is 2.11. The molecule has 4 heteroatoms. The van der Waals surface area contributed by atoms with Gasteiger partial charge in [-0.25, -0.2) is 4.39 Å². The van der Waals surface area contributed by atoms with Gasteiger partial charge >= 0.3 is 0 Å². The van der Waals surface area contributed by atoms with Crippen molar-refractivity contribution in [3.8, 4) is 0 Å². The van der Waals surface area contributed by atoms with Gasteiger partial charge in [0, 0.05) is 0 Å². The maximum Gasteiger partial charge on any atom is 0.123 e. The molecule has 0 bridgehead atoms. The zero-order chi connectivity index (χ0) is 10.7. The highest BCUT2D eigenvalue weighted by Gasteiger charge is 2.19. The molecule has 1 rings (SSSR count). The van der Waals surface area contributed by atoms with Crippen LogP contribution in [0.25, 0.3) is 0 Å². The number of benzene rings is 1. The van der Waals surface area contributed by atoms with Gasteiger partial charge in [0.2, 0.25) is 0 Å². The molecule has 0 saturated carbocycles. The van der Waals surface area contributed by atoms with Gasteiger partial charge < -0.3 is 15.3 Å². The van der Waals surface area contributed by atoms with Crippen LogP contribution in [-0.4, -0.2) is 28.0 Å². The lowest BCUT2D eigenvalue weighted by Gasteiger charge is -2.17. The van der Waals surface area contributed by atoms with Crippen LogP contribution in [0.3, 0.4) is 0 Å². The Morgan fingerprint density at radius 2 is 2.00 bits per heavy atom. The number of aliphatic hydroxyl groups is 3. The summed E-state index contributed by atoms with van der Waals surface area (Å²) in [4.78, 5) is 0. The normalized spacial score (nSPS) is 15.2. The molecule has 1 aromatic carbocycles. The third kappa shape index (κ3) is 2.29. The molecule has 1 aromatic rings. The van der Waals surface area contributed by atoms with Crippen molar-refractivity contribution in [2.45, 2.75) is 19.1 Å². The van der Waals surface area contributed by atoms with Gasteiger partial charge in [-0.05, 0) is 30.2 Å². The van der Waals surface area contributed by atoms with Crippen LogP contribution in [0.15, 0.2) is 18.2 Å². The smallest absolute Gasteiger partial charge is 0.123 e. The fourth-order valence-corrected chi connectivity index (χ4v) is 1.24. The molecule has 0 aliphatic heterocycles. The van der Waals surface area contributed by atoms with E-state index in [1.807, 2.05) is 0 Å². The van der Waals surface area contributed by atoms with Gasteiger partial charge in [0.15, 0.2) is 0 Å². The molecule has 3 nitrogen and oxygen atoms in total. The van der Waals surface area contributed by atoms with Gasteiger partial charge in [-0.3, -0.25) is 0 Å². The first-order chi connectivity index (χ1) is 6.56. The quantitative estimate of drug-likeness (QED) is 0.666. The molecule has 0 aromatic heterocycles. The topological polar surface area (TPSA) is 60.7 Å². The SMILES string of the molecule is Cc1ccc(F)cc1C(O)C(O)CO. The second kappa shape index (κ2) is 4.50. The molecular formula is C10H13FO3. The second-order valence-corrected chi connectivity index (χ2v) is 3.20. The molecule has 0 amide bonds. The molecule has 0 radical (unpaired) electrons. The van der Waals surface area contributed by atoms with Crippen molar-refractivity contribution in [3.63, 3.8) is 0 Å². The van der Waals surface area contributed by atoms with Gasteiger partial charge in [-0.1, -0.05) is 6.07 Å². The number of hydrogen-bond donors (Lipinski definition) is 3. The number of halogens is 1. The van der Waals surface area contributed by atoms with E-state index in [4.69, 9.17) is 5.11 Å². The van der Waals surface area contributed by atoms with Crippen LogP contribution < -0.4 is 0 Å². The first-order valence-electron chi connectivity index (χ1n) is 4.29. The highest BCUT2D eigenvalue weighted by Crippen LogP contribution is 2.21. The molecule has 2 atom stereocenters. The molecule has 0 heterocycles. The number of hydrogen-bond acceptors (Lipinski definition) is 3. The highest BCUT2D eigenvalue weighted by molar-refractivity contribution is 5.29. The largest absolute Gasteiger partial charge is 0.394 e. The van der Waals surface area contributed by atoms with Crippen LogP contribution in [0, 0.1) is 12.7 Å². The summed E-state index contributed by atoms with van der Waals surface area (Å²) in [6, 6.07) is 3.94. The molecule has 3 N–H and O–H groups in total. The average Bonchev–Trinajstić information content (AvgIpc) is 2.19. The Bertz CT molecular complexity index is 314. The van der Waals surface area contributed by atoms with Crippen molar-refractivity contribution in [2.24, 2.45) is 0 Å². The molecule has 78 valence electrons. The summed E-state index contributed by atoms with van der Waals surface area (Å²) in [5.41, 5.74) is 0.970. The minimum absolute atomic E-state index is 0.298. The van der Waals surface area contributed by atoms with E-state index in [-0.39, 0.29) is 0 Å². The zero-order valence-electron chi connectivity index (χ0n) is 7.81. The maximum absolute atomic E-state index is 12.8. The van der Waals surface area contributed by atoms with Crippen LogP contribution in [0.4, 0.5) is 4.39 Å². The summed E-state index contributed by atoms with van der Waals surface area (Å²) in [7, 11) is 0. The third-order valence-corrected chi connectivity index (χ3v) is 2.11. The van der Waals surface area contributed by atoms with E-state index >= 15 is 0 Å². The minimum atomic E-state index is -1.28. The van der Waals surface area contributed by atoms with E-state index in [2.05, 4.69) is 0 Å². The van der Waals surface area contributed by atoms with Crippen molar-refractivity contribution in [2.75, 3.05) is 6.61 Å². The van der Waals surface area contributed by atoms with E-state index < -0.39 is 24.6 Å². The van der Waals surface area contributed by atoms with Crippen molar-refractivity contribution in [1.29, 1.82) is 0 Å². The predicted molar refractivity (Wildman–Crippen MR) is 49.2 cm³/mol. The number of aliphatic hydroxyl groups excluding tert-OH is 3. The highest BCUT2D eigenvalue weighted by atomic mass is 19.1. The predicted octanol–water partition coefficient (Wildman–Crippen LogP) is 0.521. The molecule has 0 aliphatic carbocycles. The lowest BCUT2D eigenvalue weighted by atomic mass is 10.00. The minimum Gasteiger partial charge on any atom is -0.394 e. The number of rotatable bonds is 3. The standard InChI is InChI=1S/C10H13FO3/c1-6-2-3-7(11)4-8(6)10(14)9(13)5-12/h2-4,9-10,12-14H,5H2,1H3. The maximum atomic E-state index is 12.8. The van der Waals surface area contributed by atoms with Crippen LogP contribution in [-0.2, 0) is 0 Å². The van der Waals surface area contributed by atoms with Crippen molar-refractivity contribution >= 4 is 0 Å². The summed E-state index contributed by atoms with van der Waals surface area (Å²) >= 11 is 0. The van der Waals surface area contributed by atoms with Gasteiger partial charge in [-0.15, -0.1) is 0 Å². The molecule has 0 saturated heterocycles. The van der Waals surface area contributed by atoms with Gasteiger partial charge in [0.25, 0.3) is 0 Å². The molecule has 0 spiro atoms. The first-order valence-corrected chi connectivity index (χ1v) is 4.29. The van der Waals surface area contributed by atoms with Crippen molar-refractivity contribution in [3.05, 3.63) is 35.1 Å². The van der Waals surface area contributed by atoms with E-state index in [0.717, 1.165) is 6.07 Å². The van der Waals surface area contributed by atoms with Crippen LogP contribution in [0.2, 0.25) is 0 Å². The Hall–Kier alpha value is -0.970. The monoisotopic (exact) mass is 200 g/mol. The fourth-order valence-electron chi connectivity index (χ4n) is 1.24. The first kappa shape index (κ1) is 11.1. The van der Waals surface area contributed by atoms with E-state index in [1.165, 1.54) is 12.1 Å². The molecular weight excluding hydrogens is 187 g/mol. The Morgan fingerprint density at radius 1 is 1.36 bits per heavy atom. The summed E-state index contributed by atoms with van der Waals surface area (Å²) in [6.45, 7) is 1.14. The Kier molecular flexibility index (Phi) is 3.57. The molecule has 2 unspecified atom stereocenters. The Balaban J connectivity index is 2.99. The van der Waals surface area contributed by atoms with E-state index in [1.54, 1.807) is 6.92 Å². The lowest BCUT2D eigenvalue weighted by Crippen LogP contribution is -2.22. The summed E-state index contributed by atoms with van der Waals surface area (Å²) < 4.78 is 12.8. The van der Waals surface area contributed by atoms with E-state index in [9.17, 15) is 14.6 Å². The number of aryl methyl sites for hydroxylation is 1. The van der Waals surface area contributed by atoms with Crippen LogP contribution >= 0.6 is 0 Å². The van der Waals surface area contributed by atoms with Crippen molar-refractivity contribution in [1.82, 2.24) is 0 Å². The molecule has 0 aliphatic rings. The average molecular weight is 200 g/mol. The van der Waals surface area contributed by atoms with Gasteiger partial charge in [-0.2, -0.15) is 0 Å². The van der Waals surface area contributed by atoms with Crippen LogP contribution in [0.1, 0.15) is 17.2 Å². The fraction of sp³-hybridized carbons (Fsp3) is 0.400. The zero-order valence-corrected chi connectivity index (χ0v) is 7.81. The van der Waals surface area contributed by atoms with E-state index in [0.29, 0.717) is 11.1 Å². The van der Waals surface area contributed by atoms with Gasteiger partial charge in [0.1, 0.15) is 18.0 Å². The summed E-state index contributed by atoms with van der Waals surface area (Å²) in [6.07, 6.45) is -2.54. The Morgan fingerprint density at radius 3 is 2.57 bits per heavy atom. The molecule has 0 fully saturated rings. The second-order valence-electron chi connectivity index (χ2n) is 3.20. The van der Waals surface area contributed by atoms with Crippen LogP contribution in [0.5, 0.6) is 0 Å². The van der Waals surface area contributed by atoms with Crippen molar-refractivity contribution < 1.29 is 19.7 Å². The van der Waals surface area contributed by atoms with Gasteiger partial charge in [0.05, 0.1) is 6.61 Å².